The second-order valence-electron chi connectivity index (χ2n) is 6.00. The van der Waals surface area contributed by atoms with Crippen molar-refractivity contribution < 1.29 is 18.0 Å². The number of amides is 3. The Hall–Kier alpha value is -2.85. The predicted molar refractivity (Wildman–Crippen MR) is 108 cm³/mol. The van der Waals surface area contributed by atoms with Gasteiger partial charge in [-0.05, 0) is 30.3 Å². The third-order valence-electron chi connectivity index (χ3n) is 4.18. The molecule has 0 aliphatic carbocycles. The lowest BCUT2D eigenvalue weighted by atomic mass is 10.2. The highest BCUT2D eigenvalue weighted by Crippen LogP contribution is 2.20. The van der Waals surface area contributed by atoms with Crippen LogP contribution in [-0.2, 0) is 17.1 Å². The van der Waals surface area contributed by atoms with Crippen LogP contribution in [0, 0.1) is 0 Å². The third-order valence-corrected chi connectivity index (χ3v) is 6.20. The number of aromatic nitrogens is 1. The first kappa shape index (κ1) is 21.5. The van der Waals surface area contributed by atoms with Crippen LogP contribution in [0.3, 0.4) is 0 Å². The fourth-order valence-electron chi connectivity index (χ4n) is 2.64. The molecule has 1 aromatic heterocycles. The van der Waals surface area contributed by atoms with E-state index in [9.17, 15) is 18.0 Å². The number of carbonyl (C=O) groups excluding carboxylic acids is 2. The number of aryl methyl sites for hydroxylation is 1. The van der Waals surface area contributed by atoms with Crippen molar-refractivity contribution in [1.29, 1.82) is 0 Å². The van der Waals surface area contributed by atoms with E-state index >= 15 is 0 Å². The monoisotopic (exact) mass is 407 g/mol. The number of hydrogen-bond donors (Lipinski definition) is 3. The van der Waals surface area contributed by atoms with Gasteiger partial charge in [-0.15, -0.1) is 0 Å². The van der Waals surface area contributed by atoms with Crippen molar-refractivity contribution in [3.63, 3.8) is 0 Å². The number of nitrogens with one attached hydrogen (secondary N) is 3. The van der Waals surface area contributed by atoms with Crippen LogP contribution in [0.1, 0.15) is 24.3 Å². The van der Waals surface area contributed by atoms with Crippen LogP contribution in [0.2, 0.25) is 0 Å². The minimum Gasteiger partial charge on any atom is -0.345 e. The molecule has 28 heavy (non-hydrogen) atoms. The first-order chi connectivity index (χ1) is 13.2. The molecule has 10 heteroatoms. The lowest BCUT2D eigenvalue weighted by Crippen LogP contribution is -2.30. The molecule has 1 heterocycles. The molecule has 2 aromatic rings. The highest BCUT2D eigenvalue weighted by Gasteiger charge is 2.25. The first-order valence-corrected chi connectivity index (χ1v) is 10.2. The van der Waals surface area contributed by atoms with Crippen molar-refractivity contribution in [3.05, 3.63) is 42.2 Å². The Kier molecular flexibility index (Phi) is 6.81. The van der Waals surface area contributed by atoms with Crippen LogP contribution in [0.5, 0.6) is 0 Å². The molecule has 9 nitrogen and oxygen atoms in total. The summed E-state index contributed by atoms with van der Waals surface area (Å²) in [5.74, 6) is -0.435. The Bertz CT molecular complexity index is 947. The van der Waals surface area contributed by atoms with Gasteiger partial charge in [-0.2, -0.15) is 4.31 Å². The second-order valence-corrected chi connectivity index (χ2v) is 7.93. The molecule has 2 rings (SSSR count). The fraction of sp³-hybridized carbons (Fsp3) is 0.333. The topological polar surface area (TPSA) is 113 Å². The average molecular weight is 407 g/mol. The Balaban J connectivity index is 2.17. The number of sulfonamides is 1. The molecule has 0 unspecified atom stereocenters. The van der Waals surface area contributed by atoms with Gasteiger partial charge in [-0.3, -0.25) is 4.79 Å². The zero-order chi connectivity index (χ0) is 20.9. The summed E-state index contributed by atoms with van der Waals surface area (Å²) in [6, 6.07) is 7.59. The normalized spacial score (nSPS) is 11.3. The Morgan fingerprint density at radius 3 is 2.07 bits per heavy atom. The van der Waals surface area contributed by atoms with Gasteiger partial charge < -0.3 is 20.5 Å². The molecule has 0 spiro atoms. The van der Waals surface area contributed by atoms with Crippen LogP contribution in [-0.4, -0.2) is 49.4 Å². The number of benzene rings is 1. The van der Waals surface area contributed by atoms with Gasteiger partial charge in [0.05, 0.1) is 0 Å². The summed E-state index contributed by atoms with van der Waals surface area (Å²) in [5.41, 5.74) is 1.31. The quantitative estimate of drug-likeness (QED) is 0.652. The molecule has 0 saturated carbocycles. The fourth-order valence-corrected chi connectivity index (χ4v) is 4.17. The molecule has 0 atom stereocenters. The Labute approximate surface area is 164 Å². The van der Waals surface area contributed by atoms with Gasteiger partial charge in [0.1, 0.15) is 10.6 Å². The zero-order valence-corrected chi connectivity index (χ0v) is 17.1. The van der Waals surface area contributed by atoms with Gasteiger partial charge >= 0.3 is 6.03 Å². The van der Waals surface area contributed by atoms with E-state index in [-0.39, 0.29) is 16.6 Å². The number of carbonyl (C=O) groups is 2. The molecule has 0 radical (unpaired) electrons. The lowest BCUT2D eigenvalue weighted by molar-refractivity contribution is 0.101. The van der Waals surface area contributed by atoms with E-state index in [2.05, 4.69) is 16.0 Å². The van der Waals surface area contributed by atoms with Crippen molar-refractivity contribution in [3.8, 4) is 0 Å². The molecule has 1 aromatic carbocycles. The maximum Gasteiger partial charge on any atom is 0.318 e. The molecule has 0 bridgehead atoms. The van der Waals surface area contributed by atoms with E-state index in [1.807, 2.05) is 0 Å². The second kappa shape index (κ2) is 8.89. The number of anilines is 2. The summed E-state index contributed by atoms with van der Waals surface area (Å²) in [6.07, 6.45) is 1.43. The van der Waals surface area contributed by atoms with Crippen LogP contribution >= 0.6 is 0 Å². The average Bonchev–Trinajstić information content (AvgIpc) is 3.06. The minimum absolute atomic E-state index is 0.0778. The van der Waals surface area contributed by atoms with E-state index in [1.54, 1.807) is 45.2 Å². The van der Waals surface area contributed by atoms with Crippen LogP contribution in [0.4, 0.5) is 16.2 Å². The maximum atomic E-state index is 12.6. The van der Waals surface area contributed by atoms with Crippen LogP contribution in [0.25, 0.3) is 0 Å². The van der Waals surface area contributed by atoms with Crippen molar-refractivity contribution in [2.75, 3.05) is 30.8 Å². The lowest BCUT2D eigenvalue weighted by Gasteiger charge is -2.17. The molecule has 3 amide bonds. The van der Waals surface area contributed by atoms with E-state index in [1.165, 1.54) is 28.2 Å². The molecular weight excluding hydrogens is 382 g/mol. The van der Waals surface area contributed by atoms with Crippen molar-refractivity contribution in [2.45, 2.75) is 18.7 Å². The van der Waals surface area contributed by atoms with Gasteiger partial charge in [0.25, 0.3) is 5.91 Å². The van der Waals surface area contributed by atoms with Gasteiger partial charge in [0, 0.05) is 44.8 Å². The molecule has 3 N–H and O–H groups in total. The molecule has 152 valence electrons. The third kappa shape index (κ3) is 4.70. The molecular formula is C18H25N5O4S. The van der Waals surface area contributed by atoms with Gasteiger partial charge in [-0.25, -0.2) is 13.2 Å². The highest BCUT2D eigenvalue weighted by atomic mass is 32.2. The SMILES string of the molecule is CCN(CC)S(=O)(=O)c1cc(C(=O)Nc2ccc(NC(=O)NC)cc2)n(C)c1. The van der Waals surface area contributed by atoms with Gasteiger partial charge in [-0.1, -0.05) is 13.8 Å². The Morgan fingerprint density at radius 2 is 1.57 bits per heavy atom. The van der Waals surface area contributed by atoms with E-state index in [0.29, 0.717) is 24.5 Å². The molecule has 0 fully saturated rings. The summed E-state index contributed by atoms with van der Waals surface area (Å²) >= 11 is 0. The number of rotatable bonds is 7. The van der Waals surface area contributed by atoms with Gasteiger partial charge in [0.15, 0.2) is 0 Å². The van der Waals surface area contributed by atoms with E-state index in [4.69, 9.17) is 0 Å². The summed E-state index contributed by atoms with van der Waals surface area (Å²) in [4.78, 5) is 23.9. The summed E-state index contributed by atoms with van der Waals surface area (Å²) in [6.45, 7) is 4.23. The highest BCUT2D eigenvalue weighted by molar-refractivity contribution is 7.89. The maximum absolute atomic E-state index is 12.6. The van der Waals surface area contributed by atoms with Gasteiger partial charge in [0.2, 0.25) is 10.0 Å². The largest absolute Gasteiger partial charge is 0.345 e. The van der Waals surface area contributed by atoms with Crippen LogP contribution < -0.4 is 16.0 Å². The standard InChI is InChI=1S/C18H25N5O4S/c1-5-23(6-2)28(26,27)15-11-16(22(4)12-15)17(24)20-13-7-9-14(10-8-13)21-18(25)19-3/h7-12H,5-6H2,1-4H3,(H,20,24)(H2,19,21,25). The number of nitrogens with zero attached hydrogens (tertiary/aromatic N) is 2. The molecule has 0 saturated heterocycles. The number of urea groups is 1. The Morgan fingerprint density at radius 1 is 1.04 bits per heavy atom. The zero-order valence-electron chi connectivity index (χ0n) is 16.3. The predicted octanol–water partition coefficient (Wildman–Crippen LogP) is 2.06. The van der Waals surface area contributed by atoms with E-state index < -0.39 is 15.9 Å². The van der Waals surface area contributed by atoms with Crippen molar-refractivity contribution >= 4 is 33.3 Å². The summed E-state index contributed by atoms with van der Waals surface area (Å²) < 4.78 is 28.1. The smallest absolute Gasteiger partial charge is 0.318 e. The minimum atomic E-state index is -3.64. The van der Waals surface area contributed by atoms with Crippen LogP contribution in [0.15, 0.2) is 41.4 Å². The van der Waals surface area contributed by atoms with Crippen molar-refractivity contribution in [2.24, 2.45) is 7.05 Å². The summed E-state index contributed by atoms with van der Waals surface area (Å²) in [7, 11) is -0.513. The summed E-state index contributed by atoms with van der Waals surface area (Å²) in [5, 5.41) is 7.78. The molecule has 0 aliphatic heterocycles. The van der Waals surface area contributed by atoms with Crippen molar-refractivity contribution in [1.82, 2.24) is 14.2 Å². The first-order valence-electron chi connectivity index (χ1n) is 8.79. The number of hydrogen-bond acceptors (Lipinski definition) is 4. The molecule has 0 aliphatic rings. The van der Waals surface area contributed by atoms with E-state index in [0.717, 1.165) is 0 Å².